The van der Waals surface area contributed by atoms with Crippen molar-refractivity contribution in [1.82, 2.24) is 4.98 Å². The highest BCUT2D eigenvalue weighted by molar-refractivity contribution is 14.1. The molecule has 0 amide bonds. The van der Waals surface area contributed by atoms with Crippen LogP contribution in [0, 0.1) is 0 Å². The average Bonchev–Trinajstić information content (AvgIpc) is 2.16. The number of alkyl halides is 1. The summed E-state index contributed by atoms with van der Waals surface area (Å²) in [6, 6.07) is 2.72. The molecule has 0 radical (unpaired) electrons. The normalized spacial score (nSPS) is 9.79. The van der Waals surface area contributed by atoms with Gasteiger partial charge in [0, 0.05) is 4.43 Å². The zero-order chi connectivity index (χ0) is 10.7. The van der Waals surface area contributed by atoms with E-state index in [1.165, 1.54) is 12.1 Å². The van der Waals surface area contributed by atoms with Gasteiger partial charge in [0.25, 0.3) is 0 Å². The van der Waals surface area contributed by atoms with Crippen LogP contribution in [0.4, 0.5) is 0 Å². The minimum absolute atomic E-state index is 0.239. The van der Waals surface area contributed by atoms with Crippen LogP contribution in [0.25, 0.3) is 0 Å². The molecule has 0 unspecified atom stereocenters. The molecular weight excluding hydrogens is 301 g/mol. The Balaban J connectivity index is 3.27. The summed E-state index contributed by atoms with van der Waals surface area (Å²) in [7, 11) is 0. The molecule has 6 heteroatoms. The second-order valence-electron chi connectivity index (χ2n) is 2.49. The first-order chi connectivity index (χ1) is 6.54. The summed E-state index contributed by atoms with van der Waals surface area (Å²) in [5.74, 6) is -2.45. The maximum Gasteiger partial charge on any atom is 0.354 e. The molecule has 0 atom stereocenters. The number of hydrogen-bond acceptors (Lipinski definition) is 3. The third-order valence-electron chi connectivity index (χ3n) is 1.48. The van der Waals surface area contributed by atoms with Crippen molar-refractivity contribution in [2.24, 2.45) is 0 Å². The first-order valence-electron chi connectivity index (χ1n) is 3.58. The fourth-order valence-electron chi connectivity index (χ4n) is 0.883. The number of carboxylic acid groups (broad SMARTS) is 2. The first kappa shape index (κ1) is 10.9. The molecule has 74 valence electrons. The van der Waals surface area contributed by atoms with E-state index >= 15 is 0 Å². The topological polar surface area (TPSA) is 87.5 Å². The van der Waals surface area contributed by atoms with E-state index in [1.54, 1.807) is 0 Å². The summed E-state index contributed by atoms with van der Waals surface area (Å²) in [6.07, 6.45) is 0. The lowest BCUT2D eigenvalue weighted by Crippen LogP contribution is -2.08. The minimum atomic E-state index is -1.22. The van der Waals surface area contributed by atoms with Gasteiger partial charge >= 0.3 is 11.9 Å². The van der Waals surface area contributed by atoms with Gasteiger partial charge in [-0.05, 0) is 17.7 Å². The molecule has 0 saturated heterocycles. The van der Waals surface area contributed by atoms with Crippen molar-refractivity contribution < 1.29 is 19.8 Å². The van der Waals surface area contributed by atoms with Crippen molar-refractivity contribution in [2.75, 3.05) is 0 Å². The third-order valence-corrected chi connectivity index (χ3v) is 2.36. The van der Waals surface area contributed by atoms with Crippen LogP contribution in [0.3, 0.4) is 0 Å². The largest absolute Gasteiger partial charge is 0.477 e. The molecule has 0 saturated carbocycles. The number of aromatic nitrogens is 1. The SMILES string of the molecule is O=C(O)c1cc(CI)cc(C(=O)O)n1. The summed E-state index contributed by atoms with van der Waals surface area (Å²) < 4.78 is 0.542. The molecule has 14 heavy (non-hydrogen) atoms. The fourth-order valence-corrected chi connectivity index (χ4v) is 1.32. The summed E-state index contributed by atoms with van der Waals surface area (Å²) >= 11 is 2.02. The van der Waals surface area contributed by atoms with Crippen LogP contribution in [0.1, 0.15) is 26.5 Å². The van der Waals surface area contributed by atoms with E-state index in [0.717, 1.165) is 0 Å². The summed E-state index contributed by atoms with van der Waals surface area (Å²) in [5.41, 5.74) is 0.156. The lowest BCUT2D eigenvalue weighted by atomic mass is 10.2. The van der Waals surface area contributed by atoms with Gasteiger partial charge in [-0.1, -0.05) is 22.6 Å². The van der Waals surface area contributed by atoms with Gasteiger partial charge < -0.3 is 10.2 Å². The van der Waals surface area contributed by atoms with Crippen molar-refractivity contribution >= 4 is 34.5 Å². The van der Waals surface area contributed by atoms with E-state index in [0.29, 0.717) is 9.99 Å². The molecule has 1 aromatic heterocycles. The molecular formula is C8H6INO4. The monoisotopic (exact) mass is 307 g/mol. The van der Waals surface area contributed by atoms with Gasteiger partial charge in [0.15, 0.2) is 0 Å². The Labute approximate surface area is 92.9 Å². The molecule has 1 aromatic rings. The molecule has 0 aliphatic rings. The number of pyridine rings is 1. The zero-order valence-corrected chi connectivity index (χ0v) is 9.06. The van der Waals surface area contributed by atoms with Crippen molar-refractivity contribution in [1.29, 1.82) is 0 Å². The number of nitrogens with zero attached hydrogens (tertiary/aromatic N) is 1. The summed E-state index contributed by atoms with van der Waals surface area (Å²) in [6.45, 7) is 0. The van der Waals surface area contributed by atoms with Gasteiger partial charge in [0.2, 0.25) is 0 Å². The Bertz CT molecular complexity index is 359. The third kappa shape index (κ3) is 2.41. The highest BCUT2D eigenvalue weighted by Gasteiger charge is 2.12. The summed E-state index contributed by atoms with van der Waals surface area (Å²) in [4.78, 5) is 24.6. The number of halogens is 1. The van der Waals surface area contributed by atoms with E-state index < -0.39 is 11.9 Å². The first-order valence-corrected chi connectivity index (χ1v) is 5.10. The van der Waals surface area contributed by atoms with Crippen molar-refractivity contribution in [2.45, 2.75) is 4.43 Å². The quantitative estimate of drug-likeness (QED) is 0.651. The Kier molecular flexibility index (Phi) is 3.39. The Morgan fingerprint density at radius 3 is 1.93 bits per heavy atom. The van der Waals surface area contributed by atoms with Gasteiger partial charge in [0.05, 0.1) is 0 Å². The molecule has 0 fully saturated rings. The van der Waals surface area contributed by atoms with Crippen LogP contribution >= 0.6 is 22.6 Å². The average molecular weight is 307 g/mol. The van der Waals surface area contributed by atoms with E-state index in [4.69, 9.17) is 10.2 Å². The van der Waals surface area contributed by atoms with Gasteiger partial charge in [-0.3, -0.25) is 0 Å². The molecule has 1 rings (SSSR count). The standard InChI is InChI=1S/C8H6INO4/c9-3-4-1-5(7(11)12)10-6(2-4)8(13)14/h1-2H,3H2,(H,11,12)(H,13,14). The maximum atomic E-state index is 10.6. The van der Waals surface area contributed by atoms with Crippen molar-refractivity contribution in [3.8, 4) is 0 Å². The molecule has 1 heterocycles. The lowest BCUT2D eigenvalue weighted by Gasteiger charge is -2.00. The van der Waals surface area contributed by atoms with Crippen LogP contribution in [-0.2, 0) is 4.43 Å². The Hall–Kier alpha value is -1.18. The van der Waals surface area contributed by atoms with E-state index in [-0.39, 0.29) is 11.4 Å². The number of hydrogen-bond donors (Lipinski definition) is 2. The smallest absolute Gasteiger partial charge is 0.354 e. The second-order valence-corrected chi connectivity index (χ2v) is 3.25. The lowest BCUT2D eigenvalue weighted by molar-refractivity contribution is 0.0685. The highest BCUT2D eigenvalue weighted by Crippen LogP contribution is 2.10. The molecule has 0 spiro atoms. The van der Waals surface area contributed by atoms with Crippen LogP contribution in [-0.4, -0.2) is 27.1 Å². The number of carboxylic acids is 2. The predicted molar refractivity (Wildman–Crippen MR) is 55.9 cm³/mol. The number of rotatable bonds is 3. The molecule has 0 aliphatic heterocycles. The second kappa shape index (κ2) is 4.36. The van der Waals surface area contributed by atoms with Crippen LogP contribution in [0.5, 0.6) is 0 Å². The molecule has 0 aliphatic carbocycles. The zero-order valence-electron chi connectivity index (χ0n) is 6.90. The molecule has 5 nitrogen and oxygen atoms in total. The highest BCUT2D eigenvalue weighted by atomic mass is 127. The molecule has 2 N–H and O–H groups in total. The predicted octanol–water partition coefficient (Wildman–Crippen LogP) is 1.41. The van der Waals surface area contributed by atoms with E-state index in [9.17, 15) is 9.59 Å². The Morgan fingerprint density at radius 1 is 1.21 bits per heavy atom. The number of carbonyl (C=O) groups is 2. The van der Waals surface area contributed by atoms with E-state index in [2.05, 4.69) is 4.98 Å². The van der Waals surface area contributed by atoms with Gasteiger partial charge in [-0.25, -0.2) is 14.6 Å². The van der Waals surface area contributed by atoms with Gasteiger partial charge in [0.1, 0.15) is 11.4 Å². The fraction of sp³-hybridized carbons (Fsp3) is 0.125. The van der Waals surface area contributed by atoms with E-state index in [1.807, 2.05) is 22.6 Å². The number of aromatic carboxylic acids is 2. The van der Waals surface area contributed by atoms with Crippen molar-refractivity contribution in [3.63, 3.8) is 0 Å². The van der Waals surface area contributed by atoms with Crippen LogP contribution < -0.4 is 0 Å². The van der Waals surface area contributed by atoms with Crippen molar-refractivity contribution in [3.05, 3.63) is 29.1 Å². The minimum Gasteiger partial charge on any atom is -0.477 e. The summed E-state index contributed by atoms with van der Waals surface area (Å²) in [5, 5.41) is 17.3. The van der Waals surface area contributed by atoms with Gasteiger partial charge in [-0.2, -0.15) is 0 Å². The van der Waals surface area contributed by atoms with Crippen LogP contribution in [0.15, 0.2) is 12.1 Å². The van der Waals surface area contributed by atoms with Crippen LogP contribution in [0.2, 0.25) is 0 Å². The van der Waals surface area contributed by atoms with Gasteiger partial charge in [-0.15, -0.1) is 0 Å². The maximum absolute atomic E-state index is 10.6. The molecule has 0 bridgehead atoms. The Morgan fingerprint density at radius 2 is 1.64 bits per heavy atom. The molecule has 0 aromatic carbocycles.